The van der Waals surface area contributed by atoms with Gasteiger partial charge in [-0.25, -0.2) is 0 Å². The molecule has 4 rings (SSSR count). The van der Waals surface area contributed by atoms with E-state index in [1.165, 1.54) is 44.9 Å². The van der Waals surface area contributed by atoms with Gasteiger partial charge in [0.05, 0.1) is 6.04 Å². The molecule has 4 heteroatoms. The predicted molar refractivity (Wildman–Crippen MR) is 83.0 cm³/mol. The SMILES string of the molecule is O=C(C1NCC2CCCC21)N1CCN(C2CCCC2)CC1. The molecule has 2 aliphatic heterocycles. The molecule has 2 saturated heterocycles. The minimum absolute atomic E-state index is 0.135. The summed E-state index contributed by atoms with van der Waals surface area (Å²) in [5, 5.41) is 3.52. The smallest absolute Gasteiger partial charge is 0.240 e. The van der Waals surface area contributed by atoms with Crippen molar-refractivity contribution in [1.29, 1.82) is 0 Å². The monoisotopic (exact) mass is 291 g/mol. The van der Waals surface area contributed by atoms with Gasteiger partial charge >= 0.3 is 0 Å². The molecule has 4 fully saturated rings. The van der Waals surface area contributed by atoms with E-state index in [0.717, 1.165) is 44.7 Å². The maximum Gasteiger partial charge on any atom is 0.240 e. The highest BCUT2D eigenvalue weighted by molar-refractivity contribution is 5.83. The first-order valence-corrected chi connectivity index (χ1v) is 9.09. The van der Waals surface area contributed by atoms with Crippen LogP contribution in [0.5, 0.6) is 0 Å². The molecule has 3 atom stereocenters. The Labute approximate surface area is 128 Å². The van der Waals surface area contributed by atoms with Crippen LogP contribution >= 0.6 is 0 Å². The fraction of sp³-hybridized carbons (Fsp3) is 0.941. The lowest BCUT2D eigenvalue weighted by Crippen LogP contribution is -2.55. The highest BCUT2D eigenvalue weighted by atomic mass is 16.2. The summed E-state index contributed by atoms with van der Waals surface area (Å²) in [4.78, 5) is 17.6. The van der Waals surface area contributed by atoms with Crippen molar-refractivity contribution in [2.24, 2.45) is 11.8 Å². The molecule has 0 spiro atoms. The molecule has 4 aliphatic rings. The summed E-state index contributed by atoms with van der Waals surface area (Å²) in [7, 11) is 0. The number of hydrogen-bond donors (Lipinski definition) is 1. The molecule has 21 heavy (non-hydrogen) atoms. The fourth-order valence-corrected chi connectivity index (χ4v) is 5.23. The van der Waals surface area contributed by atoms with Gasteiger partial charge in [-0.3, -0.25) is 9.69 Å². The summed E-state index contributed by atoms with van der Waals surface area (Å²) < 4.78 is 0. The van der Waals surface area contributed by atoms with Crippen molar-refractivity contribution < 1.29 is 4.79 Å². The molecule has 2 heterocycles. The van der Waals surface area contributed by atoms with Crippen molar-refractivity contribution in [1.82, 2.24) is 15.1 Å². The molecule has 0 aromatic carbocycles. The Hall–Kier alpha value is -0.610. The number of piperazine rings is 1. The molecule has 0 aromatic heterocycles. The fourth-order valence-electron chi connectivity index (χ4n) is 5.23. The van der Waals surface area contributed by atoms with E-state index in [1.807, 2.05) is 0 Å². The summed E-state index contributed by atoms with van der Waals surface area (Å²) in [6.45, 7) is 5.16. The number of hydrogen-bond acceptors (Lipinski definition) is 3. The van der Waals surface area contributed by atoms with E-state index in [9.17, 15) is 4.79 Å². The van der Waals surface area contributed by atoms with Crippen LogP contribution in [0.4, 0.5) is 0 Å². The molecular weight excluding hydrogens is 262 g/mol. The van der Waals surface area contributed by atoms with Crippen LogP contribution in [0.25, 0.3) is 0 Å². The number of fused-ring (bicyclic) bond motifs is 1. The molecule has 2 aliphatic carbocycles. The Morgan fingerprint density at radius 1 is 0.905 bits per heavy atom. The van der Waals surface area contributed by atoms with E-state index in [4.69, 9.17) is 0 Å². The first-order valence-electron chi connectivity index (χ1n) is 9.09. The van der Waals surface area contributed by atoms with Crippen LogP contribution in [0, 0.1) is 11.8 Å². The first-order chi connectivity index (χ1) is 10.3. The summed E-state index contributed by atoms with van der Waals surface area (Å²) in [6.07, 6.45) is 9.48. The van der Waals surface area contributed by atoms with E-state index in [2.05, 4.69) is 15.1 Å². The molecule has 1 N–H and O–H groups in total. The average molecular weight is 291 g/mol. The van der Waals surface area contributed by atoms with Gasteiger partial charge in [-0.2, -0.15) is 0 Å². The molecule has 0 aromatic rings. The van der Waals surface area contributed by atoms with Crippen LogP contribution in [0.2, 0.25) is 0 Å². The minimum Gasteiger partial charge on any atom is -0.339 e. The van der Waals surface area contributed by atoms with Gasteiger partial charge in [0.2, 0.25) is 5.91 Å². The normalized spacial score (nSPS) is 38.1. The third-order valence-corrected chi connectivity index (χ3v) is 6.48. The maximum absolute atomic E-state index is 12.8. The lowest BCUT2D eigenvalue weighted by atomic mass is 9.93. The lowest BCUT2D eigenvalue weighted by molar-refractivity contribution is -0.136. The van der Waals surface area contributed by atoms with E-state index in [-0.39, 0.29) is 6.04 Å². The molecule has 3 unspecified atom stereocenters. The number of rotatable bonds is 2. The zero-order valence-corrected chi connectivity index (χ0v) is 13.1. The largest absolute Gasteiger partial charge is 0.339 e. The first kappa shape index (κ1) is 14.0. The van der Waals surface area contributed by atoms with Crippen LogP contribution in [0.3, 0.4) is 0 Å². The second-order valence-corrected chi connectivity index (χ2v) is 7.54. The zero-order valence-electron chi connectivity index (χ0n) is 13.1. The summed E-state index contributed by atoms with van der Waals surface area (Å²) in [5.74, 6) is 1.81. The molecule has 0 bridgehead atoms. The lowest BCUT2D eigenvalue weighted by Gasteiger charge is -2.39. The molecule has 1 amide bonds. The average Bonchev–Trinajstić information content (AvgIpc) is 3.24. The Morgan fingerprint density at radius 3 is 2.43 bits per heavy atom. The van der Waals surface area contributed by atoms with Gasteiger partial charge in [0.15, 0.2) is 0 Å². The molecule has 0 radical (unpaired) electrons. The Kier molecular flexibility index (Phi) is 3.92. The Morgan fingerprint density at radius 2 is 1.67 bits per heavy atom. The highest BCUT2D eigenvalue weighted by Crippen LogP contribution is 2.38. The quantitative estimate of drug-likeness (QED) is 0.837. The van der Waals surface area contributed by atoms with E-state index < -0.39 is 0 Å². The van der Waals surface area contributed by atoms with Crippen LogP contribution in [0.15, 0.2) is 0 Å². The third kappa shape index (κ3) is 2.61. The summed E-state index contributed by atoms with van der Waals surface area (Å²) >= 11 is 0. The number of carbonyl (C=O) groups is 1. The molecular formula is C17H29N3O. The van der Waals surface area contributed by atoms with Crippen LogP contribution in [-0.4, -0.2) is 60.5 Å². The molecule has 118 valence electrons. The van der Waals surface area contributed by atoms with Gasteiger partial charge in [0.1, 0.15) is 0 Å². The number of nitrogens with zero attached hydrogens (tertiary/aromatic N) is 2. The van der Waals surface area contributed by atoms with Gasteiger partial charge in [-0.15, -0.1) is 0 Å². The van der Waals surface area contributed by atoms with E-state index in [1.54, 1.807) is 0 Å². The van der Waals surface area contributed by atoms with Crippen molar-refractivity contribution in [3.63, 3.8) is 0 Å². The van der Waals surface area contributed by atoms with Crippen molar-refractivity contribution >= 4 is 5.91 Å². The van der Waals surface area contributed by atoms with Crippen LogP contribution < -0.4 is 5.32 Å². The van der Waals surface area contributed by atoms with Gasteiger partial charge in [-0.1, -0.05) is 19.3 Å². The van der Waals surface area contributed by atoms with Gasteiger partial charge < -0.3 is 10.2 Å². The van der Waals surface area contributed by atoms with Gasteiger partial charge in [0, 0.05) is 32.2 Å². The van der Waals surface area contributed by atoms with Crippen LogP contribution in [-0.2, 0) is 4.79 Å². The van der Waals surface area contributed by atoms with Crippen molar-refractivity contribution in [3.05, 3.63) is 0 Å². The van der Waals surface area contributed by atoms with Gasteiger partial charge in [-0.05, 0) is 44.1 Å². The summed E-state index contributed by atoms with van der Waals surface area (Å²) in [6, 6.07) is 0.946. The molecule has 4 nitrogen and oxygen atoms in total. The second-order valence-electron chi connectivity index (χ2n) is 7.54. The predicted octanol–water partition coefficient (Wildman–Crippen LogP) is 1.46. The van der Waals surface area contributed by atoms with Crippen molar-refractivity contribution in [2.75, 3.05) is 32.7 Å². The van der Waals surface area contributed by atoms with E-state index in [0.29, 0.717) is 11.8 Å². The van der Waals surface area contributed by atoms with Crippen molar-refractivity contribution in [3.8, 4) is 0 Å². The Bertz CT molecular complexity index is 385. The standard InChI is InChI=1S/C17H29N3O/c21-17(16-15-7-3-4-13(15)12-18-16)20-10-8-19(9-11-20)14-5-1-2-6-14/h13-16,18H,1-12H2. The van der Waals surface area contributed by atoms with E-state index >= 15 is 0 Å². The zero-order chi connectivity index (χ0) is 14.2. The van der Waals surface area contributed by atoms with Crippen molar-refractivity contribution in [2.45, 2.75) is 57.0 Å². The highest BCUT2D eigenvalue weighted by Gasteiger charge is 2.44. The van der Waals surface area contributed by atoms with Gasteiger partial charge in [0.25, 0.3) is 0 Å². The second kappa shape index (κ2) is 5.88. The molecule has 2 saturated carbocycles. The minimum atomic E-state index is 0.135. The topological polar surface area (TPSA) is 35.6 Å². The van der Waals surface area contributed by atoms with Crippen LogP contribution in [0.1, 0.15) is 44.9 Å². The number of amides is 1. The number of nitrogens with one attached hydrogen (secondary N) is 1. The maximum atomic E-state index is 12.8. The third-order valence-electron chi connectivity index (χ3n) is 6.48. The summed E-state index contributed by atoms with van der Waals surface area (Å²) in [5.41, 5.74) is 0. The Balaban J connectivity index is 1.32. The number of carbonyl (C=O) groups excluding carboxylic acids is 1.